The molecule has 21 heavy (non-hydrogen) atoms. The summed E-state index contributed by atoms with van der Waals surface area (Å²) in [5, 5.41) is 19.2. The Labute approximate surface area is 124 Å². The van der Waals surface area contributed by atoms with Gasteiger partial charge in [-0.25, -0.2) is 4.79 Å². The van der Waals surface area contributed by atoms with Gasteiger partial charge in [-0.1, -0.05) is 26.0 Å². The maximum atomic E-state index is 11.9. The van der Waals surface area contributed by atoms with Gasteiger partial charge < -0.3 is 14.8 Å². The maximum Gasteiger partial charge on any atom is 0.526 e. The number of carboxylic acid groups (broad SMARTS) is 1. The molecule has 1 aromatic rings. The Morgan fingerprint density at radius 3 is 2.76 bits per heavy atom. The van der Waals surface area contributed by atoms with Gasteiger partial charge in [-0.15, -0.1) is 0 Å². The van der Waals surface area contributed by atoms with E-state index in [1.54, 1.807) is 12.1 Å². The standard InChI is InChI=1S/C15H19BO5/c1-9(2)6-12(17)8-11-7-10-4-3-5-13(15(18)19)14(10)21-16(11)20/h3-5,9,11,20H,6-8H2,1-2H3,(H,18,19)/t11-/m1/s1. The summed E-state index contributed by atoms with van der Waals surface area (Å²) < 4.78 is 5.37. The van der Waals surface area contributed by atoms with Gasteiger partial charge in [-0.05, 0) is 24.0 Å². The number of benzene rings is 1. The Kier molecular flexibility index (Phi) is 4.68. The Morgan fingerprint density at radius 2 is 2.14 bits per heavy atom. The average molecular weight is 290 g/mol. The maximum absolute atomic E-state index is 11.9. The van der Waals surface area contributed by atoms with E-state index >= 15 is 0 Å². The molecular formula is C15H19BO5. The molecule has 0 fully saturated rings. The Hall–Kier alpha value is -1.82. The van der Waals surface area contributed by atoms with E-state index in [2.05, 4.69) is 0 Å². The first-order valence-electron chi connectivity index (χ1n) is 7.10. The first-order valence-corrected chi connectivity index (χ1v) is 7.10. The predicted octanol–water partition coefficient (Wildman–Crippen LogP) is 2.18. The minimum absolute atomic E-state index is 0.0403. The zero-order chi connectivity index (χ0) is 15.6. The second-order valence-electron chi connectivity index (χ2n) is 5.91. The Bertz CT molecular complexity index is 555. The predicted molar refractivity (Wildman–Crippen MR) is 78.5 cm³/mol. The summed E-state index contributed by atoms with van der Waals surface area (Å²) in [6.07, 6.45) is 1.17. The van der Waals surface area contributed by atoms with Crippen molar-refractivity contribution in [3.05, 3.63) is 29.3 Å². The van der Waals surface area contributed by atoms with Crippen LogP contribution in [0.3, 0.4) is 0 Å². The zero-order valence-electron chi connectivity index (χ0n) is 12.2. The number of carbonyl (C=O) groups excluding carboxylic acids is 1. The number of ketones is 1. The van der Waals surface area contributed by atoms with Gasteiger partial charge in [0.1, 0.15) is 11.5 Å². The van der Waals surface area contributed by atoms with Gasteiger partial charge in [0.2, 0.25) is 0 Å². The molecule has 112 valence electrons. The molecule has 0 aliphatic carbocycles. The minimum atomic E-state index is -1.14. The van der Waals surface area contributed by atoms with Crippen molar-refractivity contribution in [2.45, 2.75) is 38.9 Å². The fourth-order valence-corrected chi connectivity index (χ4v) is 2.66. The van der Waals surface area contributed by atoms with E-state index in [1.165, 1.54) is 6.07 Å². The van der Waals surface area contributed by atoms with Crippen molar-refractivity contribution in [3.63, 3.8) is 0 Å². The minimum Gasteiger partial charge on any atom is -0.535 e. The highest BCUT2D eigenvalue weighted by molar-refractivity contribution is 6.47. The third-order valence-corrected chi connectivity index (χ3v) is 3.58. The van der Waals surface area contributed by atoms with Crippen LogP contribution in [0.1, 0.15) is 42.6 Å². The summed E-state index contributed by atoms with van der Waals surface area (Å²) in [4.78, 5) is 23.0. The number of hydrogen-bond acceptors (Lipinski definition) is 4. The monoisotopic (exact) mass is 290 g/mol. The number of aromatic carboxylic acids is 1. The average Bonchev–Trinajstić information content (AvgIpc) is 2.37. The number of hydrogen-bond donors (Lipinski definition) is 2. The molecule has 0 saturated heterocycles. The lowest BCUT2D eigenvalue weighted by Gasteiger charge is -2.28. The summed E-state index contributed by atoms with van der Waals surface area (Å²) in [5.74, 6) is -0.827. The summed E-state index contributed by atoms with van der Waals surface area (Å²) in [6.45, 7) is 3.94. The quantitative estimate of drug-likeness (QED) is 0.812. The lowest BCUT2D eigenvalue weighted by Crippen LogP contribution is -2.36. The van der Waals surface area contributed by atoms with E-state index in [4.69, 9.17) is 9.76 Å². The summed E-state index contributed by atoms with van der Waals surface area (Å²) in [7, 11) is -1.14. The van der Waals surface area contributed by atoms with Gasteiger partial charge >= 0.3 is 13.1 Å². The Morgan fingerprint density at radius 1 is 1.43 bits per heavy atom. The SMILES string of the molecule is CC(C)CC(=O)C[C@H]1Cc2cccc(C(=O)O)c2OB1O. The van der Waals surface area contributed by atoms with Gasteiger partial charge in [0.05, 0.1) is 5.56 Å². The lowest BCUT2D eigenvalue weighted by atomic mass is 9.64. The highest BCUT2D eigenvalue weighted by atomic mass is 16.5. The summed E-state index contributed by atoms with van der Waals surface area (Å²) in [5.41, 5.74) is 0.765. The van der Waals surface area contributed by atoms with E-state index in [0.717, 1.165) is 5.56 Å². The number of para-hydroxylation sites is 1. The van der Waals surface area contributed by atoms with Crippen molar-refractivity contribution >= 4 is 18.9 Å². The molecule has 1 heterocycles. The molecule has 0 unspecified atom stereocenters. The van der Waals surface area contributed by atoms with Crippen molar-refractivity contribution in [3.8, 4) is 5.75 Å². The molecule has 0 aromatic heterocycles. The van der Waals surface area contributed by atoms with Crippen molar-refractivity contribution < 1.29 is 24.4 Å². The van der Waals surface area contributed by atoms with Crippen LogP contribution in [0.25, 0.3) is 0 Å². The summed E-state index contributed by atoms with van der Waals surface area (Å²) >= 11 is 0. The molecule has 2 rings (SSSR count). The van der Waals surface area contributed by atoms with Crippen LogP contribution < -0.4 is 4.65 Å². The van der Waals surface area contributed by atoms with E-state index in [1.807, 2.05) is 13.8 Å². The number of carboxylic acids is 1. The molecule has 0 amide bonds. The molecule has 0 radical (unpaired) electrons. The lowest BCUT2D eigenvalue weighted by molar-refractivity contribution is -0.119. The number of rotatable bonds is 5. The molecule has 5 nitrogen and oxygen atoms in total. The fraction of sp³-hybridized carbons (Fsp3) is 0.467. The van der Waals surface area contributed by atoms with Crippen LogP contribution in [0, 0.1) is 5.92 Å². The second kappa shape index (κ2) is 6.31. The zero-order valence-corrected chi connectivity index (χ0v) is 12.2. The van der Waals surface area contributed by atoms with Gasteiger partial charge in [-0.3, -0.25) is 4.79 Å². The van der Waals surface area contributed by atoms with E-state index in [-0.39, 0.29) is 35.3 Å². The fourth-order valence-electron chi connectivity index (χ4n) is 2.66. The second-order valence-corrected chi connectivity index (χ2v) is 5.91. The van der Waals surface area contributed by atoms with Crippen LogP contribution in [-0.2, 0) is 11.2 Å². The van der Waals surface area contributed by atoms with Gasteiger partial charge in [0, 0.05) is 18.7 Å². The van der Waals surface area contributed by atoms with Gasteiger partial charge in [-0.2, -0.15) is 0 Å². The molecular weight excluding hydrogens is 271 g/mol. The Balaban J connectivity index is 2.16. The van der Waals surface area contributed by atoms with Crippen LogP contribution >= 0.6 is 0 Å². The summed E-state index contributed by atoms with van der Waals surface area (Å²) in [6, 6.07) is 4.86. The van der Waals surface area contributed by atoms with Crippen LogP contribution in [0.4, 0.5) is 0 Å². The highest BCUT2D eigenvalue weighted by Crippen LogP contribution is 2.36. The molecule has 1 atom stereocenters. The number of Topliss-reactive ketones (excluding diaryl/α,β-unsaturated/α-hetero) is 1. The molecule has 0 saturated carbocycles. The van der Waals surface area contributed by atoms with E-state index in [9.17, 15) is 14.6 Å². The van der Waals surface area contributed by atoms with Crippen LogP contribution in [0.5, 0.6) is 5.75 Å². The largest absolute Gasteiger partial charge is 0.535 e. The number of carbonyl (C=O) groups is 2. The van der Waals surface area contributed by atoms with Crippen molar-refractivity contribution in [1.29, 1.82) is 0 Å². The van der Waals surface area contributed by atoms with Gasteiger partial charge in [0.15, 0.2) is 0 Å². The molecule has 6 heteroatoms. The first kappa shape index (κ1) is 15.6. The van der Waals surface area contributed by atoms with Crippen LogP contribution in [0.2, 0.25) is 5.82 Å². The smallest absolute Gasteiger partial charge is 0.526 e. The third kappa shape index (κ3) is 3.64. The molecule has 1 aliphatic heterocycles. The molecule has 1 aromatic carbocycles. The molecule has 0 bridgehead atoms. The van der Waals surface area contributed by atoms with Crippen molar-refractivity contribution in [1.82, 2.24) is 0 Å². The third-order valence-electron chi connectivity index (χ3n) is 3.58. The van der Waals surface area contributed by atoms with Crippen molar-refractivity contribution in [2.75, 3.05) is 0 Å². The molecule has 0 spiro atoms. The van der Waals surface area contributed by atoms with Crippen LogP contribution in [0.15, 0.2) is 18.2 Å². The van der Waals surface area contributed by atoms with Crippen molar-refractivity contribution in [2.24, 2.45) is 5.92 Å². The van der Waals surface area contributed by atoms with Gasteiger partial charge in [0.25, 0.3) is 0 Å². The molecule has 2 N–H and O–H groups in total. The van der Waals surface area contributed by atoms with E-state index in [0.29, 0.717) is 12.8 Å². The highest BCUT2D eigenvalue weighted by Gasteiger charge is 2.37. The number of fused-ring (bicyclic) bond motifs is 1. The van der Waals surface area contributed by atoms with E-state index < -0.39 is 13.1 Å². The topological polar surface area (TPSA) is 83.8 Å². The normalized spacial score (nSPS) is 17.3. The first-order chi connectivity index (χ1) is 9.88. The van der Waals surface area contributed by atoms with Crippen LogP contribution in [-0.4, -0.2) is 29.0 Å². The molecule has 1 aliphatic rings.